The van der Waals surface area contributed by atoms with Crippen molar-refractivity contribution < 1.29 is 19.1 Å². The number of amides is 2. The number of thiophene rings is 1. The molecule has 8 heteroatoms. The first-order valence-corrected chi connectivity index (χ1v) is 9.30. The highest BCUT2D eigenvalue weighted by Gasteiger charge is 2.58. The number of nitrogens with one attached hydrogen (secondary N) is 2. The van der Waals surface area contributed by atoms with E-state index in [4.69, 9.17) is 4.42 Å². The zero-order valence-electron chi connectivity index (χ0n) is 13.9. The molecule has 0 atom stereocenters. The Morgan fingerprint density at radius 2 is 1.81 bits per heavy atom. The summed E-state index contributed by atoms with van der Waals surface area (Å²) in [6, 6.07) is 5.66. The van der Waals surface area contributed by atoms with Crippen LogP contribution in [0.4, 0.5) is 0 Å². The molecule has 3 aliphatic rings. The van der Waals surface area contributed by atoms with E-state index in [1.54, 1.807) is 6.07 Å². The van der Waals surface area contributed by atoms with Crippen molar-refractivity contribution in [1.82, 2.24) is 10.6 Å². The van der Waals surface area contributed by atoms with Crippen LogP contribution in [0.1, 0.15) is 52.3 Å². The van der Waals surface area contributed by atoms with Crippen LogP contribution in [-0.4, -0.2) is 28.0 Å². The lowest BCUT2D eigenvalue weighted by atomic mass is 9.54. The fourth-order valence-electron chi connectivity index (χ4n) is 4.25. The Bertz CT molecular complexity index is 912. The van der Waals surface area contributed by atoms with Crippen LogP contribution in [0.5, 0.6) is 5.75 Å². The molecular formula is C18H18N2O5S. The molecule has 2 bridgehead atoms. The quantitative estimate of drug-likeness (QED) is 0.759. The summed E-state index contributed by atoms with van der Waals surface area (Å²) in [5, 5.41) is 17.4. The summed E-state index contributed by atoms with van der Waals surface area (Å²) < 4.78 is 4.87. The van der Waals surface area contributed by atoms with Gasteiger partial charge in [0, 0.05) is 17.1 Å². The molecule has 0 aromatic carbocycles. The topological polar surface area (TPSA) is 109 Å². The van der Waals surface area contributed by atoms with Crippen LogP contribution in [-0.2, 0) is 0 Å². The Labute approximate surface area is 153 Å². The zero-order chi connectivity index (χ0) is 18.4. The van der Waals surface area contributed by atoms with Crippen LogP contribution in [0, 0.1) is 0 Å². The van der Waals surface area contributed by atoms with Crippen LogP contribution in [0.2, 0.25) is 0 Å². The summed E-state index contributed by atoms with van der Waals surface area (Å²) in [5.74, 6) is -1.13. The van der Waals surface area contributed by atoms with E-state index in [1.807, 2.05) is 11.4 Å². The van der Waals surface area contributed by atoms with Crippen LogP contribution in [0.25, 0.3) is 0 Å². The molecule has 2 aromatic heterocycles. The molecule has 0 saturated heterocycles. The van der Waals surface area contributed by atoms with Gasteiger partial charge in [0.05, 0.1) is 10.9 Å². The second kappa shape index (κ2) is 5.98. The molecule has 5 rings (SSSR count). The Balaban J connectivity index is 1.45. The van der Waals surface area contributed by atoms with E-state index in [9.17, 15) is 19.5 Å². The van der Waals surface area contributed by atoms with Crippen molar-refractivity contribution in [2.75, 3.05) is 0 Å². The molecule has 3 N–H and O–H groups in total. The molecule has 0 radical (unpaired) electrons. The second-order valence-electron chi connectivity index (χ2n) is 7.15. The Morgan fingerprint density at radius 3 is 2.42 bits per heavy atom. The highest BCUT2D eigenvalue weighted by molar-refractivity contribution is 7.12. The Kier molecular flexibility index (Phi) is 3.87. The van der Waals surface area contributed by atoms with Gasteiger partial charge in [-0.05, 0) is 43.6 Å². The third-order valence-corrected chi connectivity index (χ3v) is 6.01. The lowest BCUT2D eigenvalue weighted by Crippen LogP contribution is -2.73. The minimum absolute atomic E-state index is 0.0826. The number of fused-ring (bicyclic) bond motifs is 2. The minimum atomic E-state index is -0.775. The standard InChI is InChI=1S/C18H18N2O5S/c21-11-7-12(25-14(22)8-11)15(23)19-17-4-2-5-18(9-17,10-17)20-16(24)13-3-1-6-26-13/h1,3,6-8,21H,2,4-5,9-10H2,(H,19,23)(H,20,24). The van der Waals surface area contributed by atoms with E-state index in [0.29, 0.717) is 17.7 Å². The normalized spacial score (nSPS) is 26.6. The van der Waals surface area contributed by atoms with E-state index >= 15 is 0 Å². The van der Waals surface area contributed by atoms with Gasteiger partial charge in [-0.25, -0.2) is 4.79 Å². The van der Waals surface area contributed by atoms with Gasteiger partial charge in [-0.15, -0.1) is 11.3 Å². The predicted molar refractivity (Wildman–Crippen MR) is 94.4 cm³/mol. The summed E-state index contributed by atoms with van der Waals surface area (Å²) in [6.45, 7) is 0. The molecule has 0 spiro atoms. The molecule has 3 saturated carbocycles. The fraction of sp³-hybridized carbons (Fsp3) is 0.389. The molecule has 26 heavy (non-hydrogen) atoms. The highest BCUT2D eigenvalue weighted by Crippen LogP contribution is 2.52. The van der Waals surface area contributed by atoms with Gasteiger partial charge in [0.1, 0.15) is 5.75 Å². The van der Waals surface area contributed by atoms with Gasteiger partial charge in [-0.2, -0.15) is 0 Å². The molecule has 7 nitrogen and oxygen atoms in total. The first-order valence-electron chi connectivity index (χ1n) is 8.42. The molecular weight excluding hydrogens is 356 g/mol. The van der Waals surface area contributed by atoms with Gasteiger partial charge in [0.25, 0.3) is 11.8 Å². The average Bonchev–Trinajstić information content (AvgIpc) is 3.07. The Hall–Kier alpha value is -2.61. The maximum atomic E-state index is 12.4. The van der Waals surface area contributed by atoms with Gasteiger partial charge in [0.15, 0.2) is 5.76 Å². The number of carbonyl (C=O) groups excluding carboxylic acids is 2. The summed E-state index contributed by atoms with van der Waals surface area (Å²) in [7, 11) is 0. The van der Waals surface area contributed by atoms with Gasteiger partial charge < -0.3 is 20.2 Å². The summed E-state index contributed by atoms with van der Waals surface area (Å²) >= 11 is 1.40. The van der Waals surface area contributed by atoms with Crippen LogP contribution < -0.4 is 16.3 Å². The third kappa shape index (κ3) is 3.01. The maximum Gasteiger partial charge on any atom is 0.340 e. The predicted octanol–water partition coefficient (Wildman–Crippen LogP) is 2.02. The minimum Gasteiger partial charge on any atom is -0.508 e. The first-order chi connectivity index (χ1) is 12.4. The molecule has 2 aromatic rings. The van der Waals surface area contributed by atoms with Crippen LogP contribution >= 0.6 is 11.3 Å². The lowest BCUT2D eigenvalue weighted by Gasteiger charge is -2.60. The van der Waals surface area contributed by atoms with Gasteiger partial charge in [-0.1, -0.05) is 6.07 Å². The summed E-state index contributed by atoms with van der Waals surface area (Å²) in [6.07, 6.45) is 3.86. The number of hydrogen-bond acceptors (Lipinski definition) is 6. The van der Waals surface area contributed by atoms with E-state index < -0.39 is 17.1 Å². The summed E-state index contributed by atoms with van der Waals surface area (Å²) in [4.78, 5) is 36.8. The smallest absolute Gasteiger partial charge is 0.340 e. The molecule has 0 unspecified atom stereocenters. The number of carbonyl (C=O) groups is 2. The maximum absolute atomic E-state index is 12.4. The average molecular weight is 374 g/mol. The van der Waals surface area contributed by atoms with Crippen molar-refractivity contribution in [2.24, 2.45) is 0 Å². The molecule has 3 fully saturated rings. The summed E-state index contributed by atoms with van der Waals surface area (Å²) in [5.41, 5.74) is -1.49. The Morgan fingerprint density at radius 1 is 1.12 bits per heavy atom. The van der Waals surface area contributed by atoms with Crippen molar-refractivity contribution in [3.8, 4) is 5.75 Å². The first kappa shape index (κ1) is 16.8. The number of aromatic hydroxyl groups is 1. The van der Waals surface area contributed by atoms with E-state index in [-0.39, 0.29) is 23.0 Å². The lowest BCUT2D eigenvalue weighted by molar-refractivity contribution is -0.00570. The van der Waals surface area contributed by atoms with Crippen molar-refractivity contribution in [3.05, 3.63) is 50.7 Å². The van der Waals surface area contributed by atoms with Gasteiger partial charge in [-0.3, -0.25) is 9.59 Å². The van der Waals surface area contributed by atoms with Crippen molar-refractivity contribution in [2.45, 2.75) is 43.2 Å². The molecule has 136 valence electrons. The van der Waals surface area contributed by atoms with Crippen LogP contribution in [0.3, 0.4) is 0 Å². The molecule has 2 amide bonds. The van der Waals surface area contributed by atoms with Gasteiger partial charge in [0.2, 0.25) is 0 Å². The van der Waals surface area contributed by atoms with Crippen molar-refractivity contribution >= 4 is 23.2 Å². The van der Waals surface area contributed by atoms with Crippen LogP contribution in [0.15, 0.2) is 38.9 Å². The SMILES string of the molecule is O=C(NC12CCCC(NC(=O)c3cccs3)(C1)C2)c1cc(O)cc(=O)o1. The fourth-order valence-corrected chi connectivity index (χ4v) is 4.87. The second-order valence-corrected chi connectivity index (χ2v) is 8.10. The zero-order valence-corrected chi connectivity index (χ0v) is 14.7. The van der Waals surface area contributed by atoms with Crippen molar-refractivity contribution in [1.29, 1.82) is 0 Å². The van der Waals surface area contributed by atoms with E-state index in [0.717, 1.165) is 31.4 Å². The monoisotopic (exact) mass is 374 g/mol. The number of hydrogen-bond donors (Lipinski definition) is 3. The van der Waals surface area contributed by atoms with E-state index in [2.05, 4.69) is 10.6 Å². The highest BCUT2D eigenvalue weighted by atomic mass is 32.1. The van der Waals surface area contributed by atoms with Gasteiger partial charge >= 0.3 is 5.63 Å². The van der Waals surface area contributed by atoms with Crippen molar-refractivity contribution in [3.63, 3.8) is 0 Å². The van der Waals surface area contributed by atoms with E-state index in [1.165, 1.54) is 11.3 Å². The number of rotatable bonds is 4. The molecule has 0 aliphatic heterocycles. The molecule has 3 aliphatic carbocycles. The largest absolute Gasteiger partial charge is 0.508 e. The third-order valence-electron chi connectivity index (χ3n) is 5.15. The molecule has 2 heterocycles.